The Morgan fingerprint density at radius 3 is 2.35 bits per heavy atom. The van der Waals surface area contributed by atoms with Crippen molar-refractivity contribution in [2.75, 3.05) is 11.1 Å². The lowest BCUT2D eigenvalue weighted by atomic mass is 9.90. The van der Waals surface area contributed by atoms with Crippen LogP contribution in [0.15, 0.2) is 60.9 Å². The number of nitrogens with two attached hydrogens (primary N) is 1. The Hall–Kier alpha value is -3.69. The first-order valence-corrected chi connectivity index (χ1v) is 12.8. The van der Waals surface area contributed by atoms with Crippen LogP contribution in [0.4, 0.5) is 11.6 Å². The number of para-hydroxylation sites is 1. The molecule has 6 N–H and O–H groups in total. The third-order valence-corrected chi connectivity index (χ3v) is 6.78. The molecule has 0 spiro atoms. The number of benzene rings is 2. The summed E-state index contributed by atoms with van der Waals surface area (Å²) in [5.41, 5.74) is 7.58. The van der Waals surface area contributed by atoms with Crippen molar-refractivity contribution in [3.8, 4) is 11.5 Å². The van der Waals surface area contributed by atoms with E-state index in [0.717, 1.165) is 31.4 Å². The van der Waals surface area contributed by atoms with E-state index in [9.17, 15) is 4.79 Å². The summed E-state index contributed by atoms with van der Waals surface area (Å²) in [6.07, 6.45) is 5.38. The van der Waals surface area contributed by atoms with Crippen LogP contribution >= 0.6 is 11.8 Å². The predicted octanol–water partition coefficient (Wildman–Crippen LogP) is 4.63. The fourth-order valence-electron chi connectivity index (χ4n) is 4.40. The zero-order valence-corrected chi connectivity index (χ0v) is 21.5. The number of amides is 1. The Labute approximate surface area is 221 Å². The van der Waals surface area contributed by atoms with Crippen LogP contribution in [0.25, 0.3) is 0 Å². The maximum Gasteiger partial charge on any atom is 0.238 e. The summed E-state index contributed by atoms with van der Waals surface area (Å²) in [6, 6.07) is 16.7. The second-order valence-electron chi connectivity index (χ2n) is 9.07. The molecular weight excluding hydrogens is 490 g/mol. The molecule has 0 unspecified atom stereocenters. The van der Waals surface area contributed by atoms with E-state index < -0.39 is 6.04 Å². The molecule has 1 saturated carbocycles. The minimum absolute atomic E-state index is 0.0756. The molecule has 1 atom stereocenters. The van der Waals surface area contributed by atoms with Gasteiger partial charge in [-0.05, 0) is 80.3 Å². The smallest absolute Gasteiger partial charge is 0.238 e. The van der Waals surface area contributed by atoms with Crippen molar-refractivity contribution < 1.29 is 9.53 Å². The first kappa shape index (κ1) is 26.4. The van der Waals surface area contributed by atoms with E-state index in [4.69, 9.17) is 27.7 Å². The van der Waals surface area contributed by atoms with Crippen molar-refractivity contribution in [3.63, 3.8) is 0 Å². The van der Waals surface area contributed by atoms with Crippen molar-refractivity contribution in [1.29, 1.82) is 5.41 Å². The van der Waals surface area contributed by atoms with Crippen LogP contribution in [0.2, 0.25) is 0 Å². The number of ether oxygens (including phenoxy) is 1. The number of aromatic nitrogens is 2. The molecule has 1 heterocycles. The summed E-state index contributed by atoms with van der Waals surface area (Å²) in [5.74, 6) is 2.12. The molecule has 9 nitrogen and oxygen atoms in total. The summed E-state index contributed by atoms with van der Waals surface area (Å²) >= 11 is 5.66. The number of rotatable bonds is 10. The normalized spacial score (nSPS) is 18.0. The minimum atomic E-state index is -0.394. The van der Waals surface area contributed by atoms with E-state index in [0.29, 0.717) is 29.1 Å². The van der Waals surface area contributed by atoms with Crippen molar-refractivity contribution in [1.82, 2.24) is 20.1 Å². The quantitative estimate of drug-likeness (QED) is 0.194. The highest BCUT2D eigenvalue weighted by molar-refractivity contribution is 6.16. The van der Waals surface area contributed by atoms with Crippen LogP contribution in [-0.4, -0.2) is 39.7 Å². The van der Waals surface area contributed by atoms with Crippen molar-refractivity contribution in [3.05, 3.63) is 72.1 Å². The number of halogens is 1. The first-order valence-electron chi connectivity index (χ1n) is 12.4. The number of carbonyl (C=O) groups is 1. The highest BCUT2D eigenvalue weighted by Gasteiger charge is 2.26. The number of nitrogen functional groups attached to an aromatic ring is 1. The zero-order chi connectivity index (χ0) is 26.2. The van der Waals surface area contributed by atoms with Crippen LogP contribution in [-0.2, 0) is 4.79 Å². The number of nitrogens with one attached hydrogen (secondary N) is 4. The molecule has 0 bridgehead atoms. The molecule has 0 saturated heterocycles. The lowest BCUT2D eigenvalue weighted by molar-refractivity contribution is -0.123. The predicted molar refractivity (Wildman–Crippen MR) is 146 cm³/mol. The fourth-order valence-corrected chi connectivity index (χ4v) is 4.66. The maximum absolute atomic E-state index is 12.3. The molecule has 10 heteroatoms. The van der Waals surface area contributed by atoms with Gasteiger partial charge >= 0.3 is 0 Å². The van der Waals surface area contributed by atoms with E-state index >= 15 is 0 Å². The maximum atomic E-state index is 12.3. The van der Waals surface area contributed by atoms with E-state index in [1.807, 2.05) is 61.5 Å². The van der Waals surface area contributed by atoms with Crippen molar-refractivity contribution in [2.24, 2.45) is 0 Å². The molecule has 1 fully saturated rings. The van der Waals surface area contributed by atoms with Gasteiger partial charge < -0.3 is 21.1 Å². The van der Waals surface area contributed by atoms with Gasteiger partial charge in [0, 0.05) is 17.6 Å². The zero-order valence-electron chi connectivity index (χ0n) is 20.7. The molecule has 194 valence electrons. The van der Waals surface area contributed by atoms with Crippen molar-refractivity contribution >= 4 is 35.0 Å². The molecule has 1 aromatic heterocycles. The van der Waals surface area contributed by atoms with Crippen LogP contribution in [0.1, 0.15) is 50.2 Å². The number of hydrogen-bond donors (Lipinski definition) is 5. The molecule has 2 aromatic carbocycles. The summed E-state index contributed by atoms with van der Waals surface area (Å²) in [6.45, 7) is 1.91. The lowest BCUT2D eigenvalue weighted by Crippen LogP contribution is -2.47. The van der Waals surface area contributed by atoms with E-state index in [2.05, 4.69) is 25.4 Å². The average Bonchev–Trinajstić information content (AvgIpc) is 2.91. The standard InChI is InChI=1S/C27H32ClN7O2/c1-2-22(35-28)27(36)34-19-12-10-18(11-13-19)33-26-23(25(30)31-16-32-26)24(29)17-8-14-21(15-9-17)37-20-6-4-3-5-7-20/h3-9,14-16,18-19,22,29,35H,2,10-13H2,1H3,(H,34,36)(H3,30,31,32,33)/t18?,19?,22-/m1/s1. The summed E-state index contributed by atoms with van der Waals surface area (Å²) in [4.78, 5) is 23.4. The van der Waals surface area contributed by atoms with Gasteiger partial charge in [0.2, 0.25) is 5.91 Å². The second kappa shape index (κ2) is 12.5. The molecule has 1 aliphatic carbocycles. The van der Waals surface area contributed by atoms with Gasteiger partial charge in [-0.25, -0.2) is 14.8 Å². The van der Waals surface area contributed by atoms with E-state index in [1.54, 1.807) is 0 Å². The Morgan fingerprint density at radius 1 is 1.05 bits per heavy atom. The Balaban J connectivity index is 1.40. The molecule has 1 aliphatic rings. The number of carbonyl (C=O) groups excluding carboxylic acids is 1. The van der Waals surface area contributed by atoms with Gasteiger partial charge in [-0.3, -0.25) is 10.2 Å². The largest absolute Gasteiger partial charge is 0.457 e. The Morgan fingerprint density at radius 2 is 1.70 bits per heavy atom. The molecular formula is C27H32ClN7O2. The van der Waals surface area contributed by atoms with Crippen LogP contribution in [0.5, 0.6) is 11.5 Å². The first-order chi connectivity index (χ1) is 18.0. The summed E-state index contributed by atoms with van der Waals surface area (Å²) in [7, 11) is 0. The van der Waals surface area contributed by atoms with Gasteiger partial charge in [0.05, 0.1) is 11.3 Å². The van der Waals surface area contributed by atoms with Crippen LogP contribution in [0.3, 0.4) is 0 Å². The highest BCUT2D eigenvalue weighted by atomic mass is 35.5. The molecule has 1 amide bonds. The highest BCUT2D eigenvalue weighted by Crippen LogP contribution is 2.28. The van der Waals surface area contributed by atoms with Gasteiger partial charge in [0.25, 0.3) is 0 Å². The van der Waals surface area contributed by atoms with Gasteiger partial charge in [-0.1, -0.05) is 25.1 Å². The fraction of sp³-hybridized carbons (Fsp3) is 0.333. The molecule has 0 aliphatic heterocycles. The monoisotopic (exact) mass is 521 g/mol. The average molecular weight is 522 g/mol. The molecule has 3 aromatic rings. The summed E-state index contributed by atoms with van der Waals surface area (Å²) in [5, 5.41) is 15.4. The Bertz CT molecular complexity index is 1200. The van der Waals surface area contributed by atoms with E-state index in [1.165, 1.54) is 6.33 Å². The summed E-state index contributed by atoms with van der Waals surface area (Å²) < 4.78 is 5.86. The SMILES string of the molecule is CC[C@@H](NCl)C(=O)NC1CCC(Nc2ncnc(N)c2C(=N)c2ccc(Oc3ccccc3)cc2)CC1. The number of anilines is 2. The minimum Gasteiger partial charge on any atom is -0.457 e. The van der Waals surface area contributed by atoms with Crippen LogP contribution < -0.4 is 25.9 Å². The topological polar surface area (TPSA) is 138 Å². The van der Waals surface area contributed by atoms with E-state index in [-0.39, 0.29) is 29.5 Å². The lowest BCUT2D eigenvalue weighted by Gasteiger charge is -2.31. The number of nitrogens with zero attached hydrogens (tertiary/aromatic N) is 2. The van der Waals surface area contributed by atoms with Crippen molar-refractivity contribution in [2.45, 2.75) is 57.2 Å². The third kappa shape index (κ3) is 6.75. The molecule has 4 rings (SSSR count). The molecule has 37 heavy (non-hydrogen) atoms. The van der Waals surface area contributed by atoms with Gasteiger partial charge in [0.1, 0.15) is 35.5 Å². The Kier molecular flexibility index (Phi) is 8.92. The van der Waals surface area contributed by atoms with Gasteiger partial charge in [-0.2, -0.15) is 0 Å². The second-order valence-corrected chi connectivity index (χ2v) is 9.29. The van der Waals surface area contributed by atoms with Gasteiger partial charge in [-0.15, -0.1) is 0 Å². The van der Waals surface area contributed by atoms with Crippen LogP contribution in [0, 0.1) is 5.41 Å². The number of hydrogen-bond acceptors (Lipinski definition) is 8. The third-order valence-electron chi connectivity index (χ3n) is 6.52. The molecule has 0 radical (unpaired) electrons. The van der Waals surface area contributed by atoms with Gasteiger partial charge in [0.15, 0.2) is 0 Å².